The number of rotatable bonds is 2. The Hall–Kier alpha value is -1.31. The molecule has 0 aromatic carbocycles. The van der Waals surface area contributed by atoms with E-state index in [4.69, 9.17) is 0 Å². The van der Waals surface area contributed by atoms with Crippen LogP contribution in [0.4, 0.5) is 0 Å². The van der Waals surface area contributed by atoms with Crippen LogP contribution in [-0.2, 0) is 0 Å². The molecule has 0 amide bonds. The molecule has 80 valence electrons. The second-order valence-electron chi connectivity index (χ2n) is 2.04. The molecule has 1 heterocycles. The number of nitrogens with zero attached hydrogens (tertiary/aromatic N) is 2. The van der Waals surface area contributed by atoms with E-state index in [-0.39, 0.29) is 0 Å². The lowest BCUT2D eigenvalue weighted by atomic mass is 10.4. The summed E-state index contributed by atoms with van der Waals surface area (Å²) in [6.45, 7) is 17.2. The minimum absolute atomic E-state index is 0.979. The van der Waals surface area contributed by atoms with E-state index in [1.165, 1.54) is 0 Å². The Balaban J connectivity index is 0. The molecule has 0 saturated heterocycles. The minimum Gasteiger partial charge on any atom is -0.241 e. The zero-order valence-corrected chi connectivity index (χ0v) is 10.0. The standard InChI is InChI=1S/C8H10N2.2C2H6/c1-4-8-6-7(3)9-10(8)5-2;2*1-2/h4-6H,1-2H2,3H3;2*1-2H3. The van der Waals surface area contributed by atoms with Gasteiger partial charge in [0.1, 0.15) is 0 Å². The molecule has 0 bridgehead atoms. The maximum atomic E-state index is 4.13. The van der Waals surface area contributed by atoms with Crippen molar-refractivity contribution >= 4 is 12.3 Å². The number of aryl methyl sites for hydroxylation is 1. The molecule has 0 aliphatic heterocycles. The molecular weight excluding hydrogens is 172 g/mol. The van der Waals surface area contributed by atoms with Crippen molar-refractivity contribution in [1.29, 1.82) is 0 Å². The van der Waals surface area contributed by atoms with Gasteiger partial charge in [-0.3, -0.25) is 0 Å². The average molecular weight is 194 g/mol. The van der Waals surface area contributed by atoms with Crippen LogP contribution in [0.1, 0.15) is 39.1 Å². The fourth-order valence-electron chi connectivity index (χ4n) is 0.835. The van der Waals surface area contributed by atoms with Crippen molar-refractivity contribution in [3.63, 3.8) is 0 Å². The van der Waals surface area contributed by atoms with Crippen molar-refractivity contribution in [2.24, 2.45) is 0 Å². The van der Waals surface area contributed by atoms with Crippen LogP contribution in [0.15, 0.2) is 19.2 Å². The third-order valence-corrected chi connectivity index (χ3v) is 1.27. The first-order chi connectivity index (χ1) is 6.77. The van der Waals surface area contributed by atoms with Crippen LogP contribution in [0, 0.1) is 6.92 Å². The summed E-state index contributed by atoms with van der Waals surface area (Å²) >= 11 is 0. The molecule has 14 heavy (non-hydrogen) atoms. The highest BCUT2D eigenvalue weighted by molar-refractivity contribution is 5.46. The van der Waals surface area contributed by atoms with Crippen LogP contribution >= 0.6 is 0 Å². The topological polar surface area (TPSA) is 17.8 Å². The third kappa shape index (κ3) is 4.65. The van der Waals surface area contributed by atoms with Gasteiger partial charge in [-0.05, 0) is 19.1 Å². The van der Waals surface area contributed by atoms with Gasteiger partial charge in [-0.1, -0.05) is 40.9 Å². The molecule has 1 aromatic rings. The smallest absolute Gasteiger partial charge is 0.0658 e. The molecule has 0 unspecified atom stereocenters. The molecular formula is C12H22N2. The Labute approximate surface area is 88.0 Å². The molecule has 0 aliphatic carbocycles. The fourth-order valence-corrected chi connectivity index (χ4v) is 0.835. The van der Waals surface area contributed by atoms with Crippen LogP contribution < -0.4 is 0 Å². The van der Waals surface area contributed by atoms with Crippen LogP contribution in [0.3, 0.4) is 0 Å². The number of hydrogen-bond acceptors (Lipinski definition) is 1. The normalized spacial score (nSPS) is 7.50. The van der Waals surface area contributed by atoms with Gasteiger partial charge >= 0.3 is 0 Å². The zero-order valence-electron chi connectivity index (χ0n) is 10.0. The molecule has 2 nitrogen and oxygen atoms in total. The highest BCUT2D eigenvalue weighted by Gasteiger charge is 1.95. The van der Waals surface area contributed by atoms with Crippen molar-refractivity contribution < 1.29 is 0 Å². The number of aromatic nitrogens is 2. The van der Waals surface area contributed by atoms with Gasteiger partial charge in [-0.15, -0.1) is 0 Å². The molecule has 0 radical (unpaired) electrons. The van der Waals surface area contributed by atoms with Gasteiger partial charge in [0.25, 0.3) is 0 Å². The van der Waals surface area contributed by atoms with Gasteiger partial charge in [0.15, 0.2) is 0 Å². The summed E-state index contributed by atoms with van der Waals surface area (Å²) in [5.41, 5.74) is 1.96. The van der Waals surface area contributed by atoms with Crippen molar-refractivity contribution in [2.45, 2.75) is 34.6 Å². The molecule has 0 aliphatic rings. The first kappa shape index (κ1) is 15.2. The van der Waals surface area contributed by atoms with E-state index >= 15 is 0 Å². The third-order valence-electron chi connectivity index (χ3n) is 1.27. The maximum Gasteiger partial charge on any atom is 0.0658 e. The summed E-state index contributed by atoms with van der Waals surface area (Å²) in [6, 6.07) is 1.95. The average Bonchev–Trinajstić information content (AvgIpc) is 2.64. The van der Waals surface area contributed by atoms with E-state index in [0.29, 0.717) is 0 Å². The lowest BCUT2D eigenvalue weighted by Crippen LogP contribution is -1.89. The van der Waals surface area contributed by atoms with Gasteiger partial charge in [-0.2, -0.15) is 5.10 Å². The van der Waals surface area contributed by atoms with Crippen molar-refractivity contribution in [3.05, 3.63) is 30.6 Å². The van der Waals surface area contributed by atoms with E-state index < -0.39 is 0 Å². The van der Waals surface area contributed by atoms with E-state index in [1.807, 2.05) is 40.7 Å². The molecule has 0 N–H and O–H groups in total. The maximum absolute atomic E-state index is 4.13. The Morgan fingerprint density at radius 3 is 2.00 bits per heavy atom. The van der Waals surface area contributed by atoms with Gasteiger partial charge in [0.2, 0.25) is 0 Å². The summed E-state index contributed by atoms with van der Waals surface area (Å²) in [5.74, 6) is 0. The summed E-state index contributed by atoms with van der Waals surface area (Å²) in [6.07, 6.45) is 3.41. The van der Waals surface area contributed by atoms with E-state index in [9.17, 15) is 0 Å². The quantitative estimate of drug-likeness (QED) is 0.696. The van der Waals surface area contributed by atoms with E-state index in [2.05, 4.69) is 18.3 Å². The summed E-state index contributed by atoms with van der Waals surface area (Å²) in [5, 5.41) is 4.13. The molecule has 0 saturated carbocycles. The molecule has 0 spiro atoms. The Bertz CT molecular complexity index is 234. The monoisotopic (exact) mass is 194 g/mol. The molecule has 1 aromatic heterocycles. The van der Waals surface area contributed by atoms with Gasteiger partial charge < -0.3 is 0 Å². The largest absolute Gasteiger partial charge is 0.241 e. The second kappa shape index (κ2) is 9.78. The molecule has 2 heteroatoms. The summed E-state index contributed by atoms with van der Waals surface area (Å²) < 4.78 is 1.70. The van der Waals surface area contributed by atoms with Gasteiger partial charge in [-0.25, -0.2) is 4.68 Å². The summed E-state index contributed by atoms with van der Waals surface area (Å²) in [4.78, 5) is 0. The summed E-state index contributed by atoms with van der Waals surface area (Å²) in [7, 11) is 0. The van der Waals surface area contributed by atoms with Crippen molar-refractivity contribution in [3.8, 4) is 0 Å². The Morgan fingerprint density at radius 1 is 1.21 bits per heavy atom. The highest BCUT2D eigenvalue weighted by Crippen LogP contribution is 2.04. The van der Waals surface area contributed by atoms with Crippen LogP contribution in [0.25, 0.3) is 12.3 Å². The zero-order chi connectivity index (χ0) is 11.6. The molecule has 1 rings (SSSR count). The van der Waals surface area contributed by atoms with Crippen LogP contribution in [0.2, 0.25) is 0 Å². The Kier molecular flexibility index (Phi) is 10.6. The SMILES string of the molecule is C=Cc1cc(C)nn1C=C.CC.CC. The fraction of sp³-hybridized carbons (Fsp3) is 0.417. The predicted octanol–water partition coefficient (Wildman–Crippen LogP) is 3.99. The van der Waals surface area contributed by atoms with Crippen molar-refractivity contribution in [2.75, 3.05) is 0 Å². The van der Waals surface area contributed by atoms with E-state index in [1.54, 1.807) is 17.0 Å². The van der Waals surface area contributed by atoms with E-state index in [0.717, 1.165) is 11.4 Å². The highest BCUT2D eigenvalue weighted by atomic mass is 15.3. The number of hydrogen-bond donors (Lipinski definition) is 0. The Morgan fingerprint density at radius 2 is 1.71 bits per heavy atom. The van der Waals surface area contributed by atoms with Crippen LogP contribution in [0.5, 0.6) is 0 Å². The first-order valence-electron chi connectivity index (χ1n) is 5.09. The van der Waals surface area contributed by atoms with Gasteiger partial charge in [0.05, 0.1) is 11.4 Å². The first-order valence-corrected chi connectivity index (χ1v) is 5.09. The predicted molar refractivity (Wildman–Crippen MR) is 66.1 cm³/mol. The van der Waals surface area contributed by atoms with Gasteiger partial charge in [0, 0.05) is 6.20 Å². The van der Waals surface area contributed by atoms with Crippen LogP contribution in [-0.4, -0.2) is 9.78 Å². The molecule has 0 fully saturated rings. The lowest BCUT2D eigenvalue weighted by molar-refractivity contribution is 0.905. The lowest BCUT2D eigenvalue weighted by Gasteiger charge is -1.91. The van der Waals surface area contributed by atoms with Crippen molar-refractivity contribution in [1.82, 2.24) is 9.78 Å². The molecule has 0 atom stereocenters. The second-order valence-corrected chi connectivity index (χ2v) is 2.04. The minimum atomic E-state index is 0.979.